The van der Waals surface area contributed by atoms with Crippen molar-refractivity contribution in [1.82, 2.24) is 25.6 Å². The van der Waals surface area contributed by atoms with Gasteiger partial charge in [0.05, 0.1) is 0 Å². The zero-order valence-corrected chi connectivity index (χ0v) is 12.9. The summed E-state index contributed by atoms with van der Waals surface area (Å²) in [5.41, 5.74) is 2.89. The third kappa shape index (κ3) is 2.94. The highest BCUT2D eigenvalue weighted by molar-refractivity contribution is 5.76. The van der Waals surface area contributed by atoms with Crippen LogP contribution in [0.5, 0.6) is 0 Å². The first-order valence-corrected chi connectivity index (χ1v) is 7.73. The minimum atomic E-state index is 0.617. The van der Waals surface area contributed by atoms with Gasteiger partial charge in [-0.2, -0.15) is 5.21 Å². The first-order valence-electron chi connectivity index (χ1n) is 7.73. The molecule has 0 amide bonds. The van der Waals surface area contributed by atoms with Gasteiger partial charge in [-0.05, 0) is 0 Å². The molecule has 0 radical (unpaired) electrons. The Hall–Kier alpha value is -3.28. The van der Waals surface area contributed by atoms with Crippen molar-refractivity contribution in [2.45, 2.75) is 12.8 Å². The molecule has 1 N–H and O–H groups in total. The zero-order chi connectivity index (χ0) is 16.2. The van der Waals surface area contributed by atoms with E-state index in [0.29, 0.717) is 24.6 Å². The molecule has 2 heterocycles. The Morgan fingerprint density at radius 1 is 0.833 bits per heavy atom. The van der Waals surface area contributed by atoms with Crippen molar-refractivity contribution in [3.05, 3.63) is 72.4 Å². The molecule has 0 aliphatic rings. The quantitative estimate of drug-likeness (QED) is 0.611. The monoisotopic (exact) mass is 317 g/mol. The number of rotatable bonds is 5. The Labute approximate surface area is 138 Å². The van der Waals surface area contributed by atoms with Gasteiger partial charge in [0.1, 0.15) is 5.69 Å². The van der Waals surface area contributed by atoms with Crippen molar-refractivity contribution in [3.8, 4) is 22.6 Å². The summed E-state index contributed by atoms with van der Waals surface area (Å²) in [5.74, 6) is 2.10. The Morgan fingerprint density at radius 2 is 1.54 bits per heavy atom. The highest BCUT2D eigenvalue weighted by Gasteiger charge is 2.17. The van der Waals surface area contributed by atoms with E-state index in [1.54, 1.807) is 0 Å². The van der Waals surface area contributed by atoms with Crippen LogP contribution < -0.4 is 0 Å². The van der Waals surface area contributed by atoms with E-state index < -0.39 is 0 Å². The summed E-state index contributed by atoms with van der Waals surface area (Å²) in [5, 5.41) is 13.9. The van der Waals surface area contributed by atoms with E-state index in [9.17, 15) is 0 Å². The maximum Gasteiger partial charge on any atom is 0.195 e. The zero-order valence-electron chi connectivity index (χ0n) is 12.9. The van der Waals surface area contributed by atoms with Crippen molar-refractivity contribution in [3.63, 3.8) is 0 Å². The molecule has 2 aromatic heterocycles. The van der Waals surface area contributed by atoms with Crippen LogP contribution in [-0.4, -0.2) is 25.6 Å². The summed E-state index contributed by atoms with van der Waals surface area (Å²) in [4.78, 5) is 4.70. The Bertz CT molecular complexity index is 844. The van der Waals surface area contributed by atoms with Crippen LogP contribution in [0.25, 0.3) is 22.6 Å². The van der Waals surface area contributed by atoms with E-state index >= 15 is 0 Å². The first-order chi connectivity index (χ1) is 11.9. The van der Waals surface area contributed by atoms with Gasteiger partial charge in [-0.25, -0.2) is 4.98 Å². The van der Waals surface area contributed by atoms with Crippen LogP contribution >= 0.6 is 0 Å². The molecule has 2 aromatic carbocycles. The molecule has 0 saturated carbocycles. The molecule has 6 nitrogen and oxygen atoms in total. The van der Waals surface area contributed by atoms with Crippen LogP contribution in [0.15, 0.2) is 65.1 Å². The fraction of sp³-hybridized carbons (Fsp3) is 0.111. The van der Waals surface area contributed by atoms with Gasteiger partial charge < -0.3 is 4.42 Å². The van der Waals surface area contributed by atoms with E-state index in [4.69, 9.17) is 9.40 Å². The highest BCUT2D eigenvalue weighted by Crippen LogP contribution is 2.32. The van der Waals surface area contributed by atoms with Crippen LogP contribution in [0.2, 0.25) is 0 Å². The largest absolute Gasteiger partial charge is 0.440 e. The third-order valence-corrected chi connectivity index (χ3v) is 3.71. The number of nitrogens with zero attached hydrogens (tertiary/aromatic N) is 4. The maximum atomic E-state index is 6.06. The van der Waals surface area contributed by atoms with E-state index in [0.717, 1.165) is 22.6 Å². The normalized spacial score (nSPS) is 10.8. The number of hydrogen-bond acceptors (Lipinski definition) is 5. The number of aromatic nitrogens is 5. The lowest BCUT2D eigenvalue weighted by Gasteiger charge is -2.00. The molecule has 0 aliphatic carbocycles. The number of nitrogens with one attached hydrogen (secondary N) is 1. The van der Waals surface area contributed by atoms with Crippen LogP contribution in [-0.2, 0) is 12.8 Å². The molecule has 0 bridgehead atoms. The molecule has 4 rings (SSSR count). The molecular weight excluding hydrogens is 302 g/mol. The van der Waals surface area contributed by atoms with Gasteiger partial charge in [0.15, 0.2) is 17.5 Å². The second-order valence-electron chi connectivity index (χ2n) is 5.35. The molecule has 0 saturated heterocycles. The van der Waals surface area contributed by atoms with Crippen molar-refractivity contribution >= 4 is 0 Å². The molecule has 0 spiro atoms. The van der Waals surface area contributed by atoms with Gasteiger partial charge >= 0.3 is 0 Å². The second kappa shape index (κ2) is 6.45. The lowest BCUT2D eigenvalue weighted by Crippen LogP contribution is -1.94. The van der Waals surface area contributed by atoms with Gasteiger partial charge in [0, 0.05) is 24.0 Å². The van der Waals surface area contributed by atoms with E-state index in [-0.39, 0.29) is 0 Å². The van der Waals surface area contributed by atoms with E-state index in [1.807, 2.05) is 60.7 Å². The number of tetrazole rings is 1. The number of hydrogen-bond donors (Lipinski definition) is 1. The van der Waals surface area contributed by atoms with Crippen LogP contribution in [0.1, 0.15) is 11.7 Å². The van der Waals surface area contributed by atoms with E-state index in [2.05, 4.69) is 20.6 Å². The summed E-state index contributed by atoms with van der Waals surface area (Å²) in [6, 6.07) is 20.1. The molecule has 0 unspecified atom stereocenters. The molecule has 0 fully saturated rings. The number of benzene rings is 2. The topological polar surface area (TPSA) is 80.5 Å². The average molecular weight is 317 g/mol. The summed E-state index contributed by atoms with van der Waals surface area (Å²) in [7, 11) is 0. The number of H-pyrrole nitrogens is 1. The van der Waals surface area contributed by atoms with Crippen LogP contribution in [0.3, 0.4) is 0 Å². The lowest BCUT2D eigenvalue weighted by molar-refractivity contribution is 0.503. The Balaban J connectivity index is 1.71. The molecular formula is C18H15N5O. The number of aryl methyl sites for hydroxylation is 2. The first kappa shape index (κ1) is 14.3. The Morgan fingerprint density at radius 3 is 2.21 bits per heavy atom. The molecule has 4 aromatic rings. The number of aromatic amines is 1. The SMILES string of the molecule is c1ccc(-c2nc(CCc3nn[nH]n3)oc2-c2ccccc2)cc1. The highest BCUT2D eigenvalue weighted by atomic mass is 16.4. The van der Waals surface area contributed by atoms with Crippen molar-refractivity contribution < 1.29 is 4.42 Å². The van der Waals surface area contributed by atoms with Crippen LogP contribution in [0.4, 0.5) is 0 Å². The predicted octanol–water partition coefficient (Wildman–Crippen LogP) is 3.31. The second-order valence-corrected chi connectivity index (χ2v) is 5.35. The lowest BCUT2D eigenvalue weighted by atomic mass is 10.1. The Kier molecular flexibility index (Phi) is 3.85. The maximum absolute atomic E-state index is 6.06. The predicted molar refractivity (Wildman–Crippen MR) is 89.0 cm³/mol. The van der Waals surface area contributed by atoms with Crippen LogP contribution in [0, 0.1) is 0 Å². The van der Waals surface area contributed by atoms with E-state index in [1.165, 1.54) is 0 Å². The van der Waals surface area contributed by atoms with Crippen molar-refractivity contribution in [1.29, 1.82) is 0 Å². The molecule has 6 heteroatoms. The van der Waals surface area contributed by atoms with Crippen molar-refractivity contribution in [2.75, 3.05) is 0 Å². The van der Waals surface area contributed by atoms with Gasteiger partial charge in [-0.1, -0.05) is 65.9 Å². The molecule has 0 aliphatic heterocycles. The molecule has 24 heavy (non-hydrogen) atoms. The molecule has 0 atom stereocenters. The number of oxazole rings is 1. The molecule has 118 valence electrons. The van der Waals surface area contributed by atoms with Gasteiger partial charge in [-0.15, -0.1) is 10.2 Å². The minimum absolute atomic E-state index is 0.617. The summed E-state index contributed by atoms with van der Waals surface area (Å²) in [6.45, 7) is 0. The standard InChI is InChI=1S/C18H15N5O/c1-3-7-13(8-4-1)17-18(14-9-5-2-6-10-14)24-16(19-17)12-11-15-20-22-23-21-15/h1-10H,11-12H2,(H,20,21,22,23). The fourth-order valence-corrected chi connectivity index (χ4v) is 2.56. The van der Waals surface area contributed by atoms with Crippen molar-refractivity contribution in [2.24, 2.45) is 0 Å². The minimum Gasteiger partial charge on any atom is -0.440 e. The summed E-state index contributed by atoms with van der Waals surface area (Å²) in [6.07, 6.45) is 1.24. The smallest absolute Gasteiger partial charge is 0.195 e. The fourth-order valence-electron chi connectivity index (χ4n) is 2.56. The van der Waals surface area contributed by atoms with Gasteiger partial charge in [-0.3, -0.25) is 0 Å². The van der Waals surface area contributed by atoms with Gasteiger partial charge in [0.25, 0.3) is 0 Å². The summed E-state index contributed by atoms with van der Waals surface area (Å²) < 4.78 is 6.06. The summed E-state index contributed by atoms with van der Waals surface area (Å²) >= 11 is 0. The average Bonchev–Trinajstić information content (AvgIpc) is 3.31. The van der Waals surface area contributed by atoms with Gasteiger partial charge in [0.2, 0.25) is 0 Å². The third-order valence-electron chi connectivity index (χ3n) is 3.71.